The summed E-state index contributed by atoms with van der Waals surface area (Å²) in [5.41, 5.74) is 2.32. The van der Waals surface area contributed by atoms with Crippen LogP contribution in [0.15, 0.2) is 54.6 Å². The third-order valence-corrected chi connectivity index (χ3v) is 7.68. The first kappa shape index (κ1) is 23.9. The van der Waals surface area contributed by atoms with E-state index >= 15 is 4.39 Å². The van der Waals surface area contributed by atoms with Gasteiger partial charge < -0.3 is 0 Å². The molecule has 0 heterocycles. The number of unbranched alkanes of at least 4 members (excludes halogenated alkanes) is 4. The van der Waals surface area contributed by atoms with Crippen LogP contribution in [0.1, 0.15) is 83.1 Å². The van der Waals surface area contributed by atoms with Crippen molar-refractivity contribution in [2.45, 2.75) is 84.0 Å². The van der Waals surface area contributed by atoms with Gasteiger partial charge in [-0.05, 0) is 53.3 Å². The van der Waals surface area contributed by atoms with E-state index in [1.165, 1.54) is 88.3 Å². The lowest BCUT2D eigenvalue weighted by Gasteiger charge is -2.28. The normalized spacial score (nSPS) is 18.6. The molecule has 3 aromatic rings. The van der Waals surface area contributed by atoms with E-state index in [1.807, 2.05) is 12.1 Å². The molecular formula is C31H38F2. The van der Waals surface area contributed by atoms with Crippen LogP contribution < -0.4 is 0 Å². The Morgan fingerprint density at radius 1 is 0.758 bits per heavy atom. The van der Waals surface area contributed by atoms with Crippen LogP contribution in [0.4, 0.5) is 8.78 Å². The second kappa shape index (κ2) is 11.8. The summed E-state index contributed by atoms with van der Waals surface area (Å²) in [6.45, 7) is 2.28. The summed E-state index contributed by atoms with van der Waals surface area (Å²) in [7, 11) is 0. The molecule has 1 aliphatic rings. The van der Waals surface area contributed by atoms with Crippen LogP contribution in [0, 0.1) is 23.5 Å². The average Bonchev–Trinajstić information content (AvgIpc) is 2.83. The average molecular weight is 449 g/mol. The maximum atomic E-state index is 15.2. The Balaban J connectivity index is 1.30. The van der Waals surface area contributed by atoms with Gasteiger partial charge in [-0.25, -0.2) is 8.78 Å². The third-order valence-electron chi connectivity index (χ3n) is 7.68. The summed E-state index contributed by atoms with van der Waals surface area (Å²) in [4.78, 5) is 0. The summed E-state index contributed by atoms with van der Waals surface area (Å²) in [6, 6.07) is 16.0. The lowest BCUT2D eigenvalue weighted by molar-refractivity contribution is 0.249. The molecule has 33 heavy (non-hydrogen) atoms. The van der Waals surface area contributed by atoms with Crippen LogP contribution >= 0.6 is 0 Å². The quantitative estimate of drug-likeness (QED) is 0.271. The molecule has 4 rings (SSSR count). The van der Waals surface area contributed by atoms with Crippen molar-refractivity contribution in [3.8, 4) is 11.1 Å². The number of aryl methyl sites for hydroxylation is 1. The fourth-order valence-corrected chi connectivity index (χ4v) is 5.59. The first-order chi connectivity index (χ1) is 16.1. The number of benzene rings is 3. The van der Waals surface area contributed by atoms with Gasteiger partial charge in [-0.2, -0.15) is 0 Å². The molecule has 1 aliphatic carbocycles. The molecule has 1 fully saturated rings. The van der Waals surface area contributed by atoms with Crippen LogP contribution in [0.2, 0.25) is 0 Å². The molecule has 0 radical (unpaired) electrons. The predicted molar refractivity (Wildman–Crippen MR) is 136 cm³/mol. The molecule has 0 amide bonds. The maximum absolute atomic E-state index is 15.2. The number of rotatable bonds is 10. The predicted octanol–water partition coefficient (Wildman–Crippen LogP) is 9.88. The zero-order valence-corrected chi connectivity index (χ0v) is 20.1. The zero-order chi connectivity index (χ0) is 23.0. The van der Waals surface area contributed by atoms with E-state index in [2.05, 4.69) is 19.1 Å². The van der Waals surface area contributed by atoms with Gasteiger partial charge in [0.2, 0.25) is 0 Å². The van der Waals surface area contributed by atoms with Gasteiger partial charge in [0, 0.05) is 10.9 Å². The highest BCUT2D eigenvalue weighted by atomic mass is 19.1. The summed E-state index contributed by atoms with van der Waals surface area (Å²) in [5, 5.41) is 1.54. The molecule has 0 unspecified atom stereocenters. The molecule has 0 saturated heterocycles. The number of hydrogen-bond acceptors (Lipinski definition) is 0. The minimum absolute atomic E-state index is 0.266. The summed E-state index contributed by atoms with van der Waals surface area (Å²) in [6.07, 6.45) is 16.3. The highest BCUT2D eigenvalue weighted by molar-refractivity contribution is 5.88. The van der Waals surface area contributed by atoms with Crippen LogP contribution in [0.5, 0.6) is 0 Å². The lowest BCUT2D eigenvalue weighted by atomic mass is 9.77. The van der Waals surface area contributed by atoms with Gasteiger partial charge >= 0.3 is 0 Å². The topological polar surface area (TPSA) is 0 Å². The summed E-state index contributed by atoms with van der Waals surface area (Å²) < 4.78 is 28.7. The van der Waals surface area contributed by atoms with E-state index in [9.17, 15) is 4.39 Å². The number of hydrogen-bond donors (Lipinski definition) is 0. The van der Waals surface area contributed by atoms with Gasteiger partial charge in [0.25, 0.3) is 0 Å². The highest BCUT2D eigenvalue weighted by Gasteiger charge is 2.20. The van der Waals surface area contributed by atoms with Gasteiger partial charge in [-0.1, -0.05) is 114 Å². The van der Waals surface area contributed by atoms with Gasteiger partial charge in [-0.3, -0.25) is 0 Å². The Morgan fingerprint density at radius 2 is 1.52 bits per heavy atom. The smallest absolute Gasteiger partial charge is 0.138 e. The molecule has 0 N–H and O–H groups in total. The molecule has 0 atom stereocenters. The van der Waals surface area contributed by atoms with E-state index in [0.717, 1.165) is 23.6 Å². The van der Waals surface area contributed by atoms with Crippen LogP contribution in [-0.2, 0) is 6.42 Å². The Labute approximate surface area is 198 Å². The van der Waals surface area contributed by atoms with Gasteiger partial charge in [0.05, 0.1) is 0 Å². The van der Waals surface area contributed by atoms with Crippen LogP contribution in [-0.4, -0.2) is 0 Å². The number of fused-ring (bicyclic) bond motifs is 1. The SMILES string of the molecule is CCCCCCCC1CCC(CCc2ccc3c(F)c(-c4cccc(F)c4)ccc3c2)CC1. The molecule has 0 aliphatic heterocycles. The van der Waals surface area contributed by atoms with Crippen LogP contribution in [0.3, 0.4) is 0 Å². The maximum Gasteiger partial charge on any atom is 0.138 e. The third kappa shape index (κ3) is 6.43. The monoisotopic (exact) mass is 448 g/mol. The molecule has 176 valence electrons. The summed E-state index contributed by atoms with van der Waals surface area (Å²) >= 11 is 0. The Hall–Kier alpha value is -2.22. The van der Waals surface area contributed by atoms with Crippen molar-refractivity contribution in [1.29, 1.82) is 0 Å². The fourth-order valence-electron chi connectivity index (χ4n) is 5.59. The van der Waals surface area contributed by atoms with Crippen molar-refractivity contribution in [2.24, 2.45) is 11.8 Å². The zero-order valence-electron chi connectivity index (χ0n) is 20.1. The first-order valence-electron chi connectivity index (χ1n) is 13.1. The molecule has 2 heteroatoms. The minimum Gasteiger partial charge on any atom is -0.207 e. The van der Waals surface area contributed by atoms with Gasteiger partial charge in [-0.15, -0.1) is 0 Å². The van der Waals surface area contributed by atoms with Crippen LogP contribution in [0.25, 0.3) is 21.9 Å². The Kier molecular flexibility index (Phi) is 8.53. The lowest BCUT2D eigenvalue weighted by Crippen LogP contribution is -2.15. The standard InChI is InChI=1S/C31H38F2/c1-2-3-4-5-6-8-23-11-13-24(14-12-23)15-16-25-17-19-29-27(21-25)18-20-30(31(29)33)26-9-7-10-28(32)22-26/h7,9-10,17-24H,2-6,8,11-16H2,1H3. The van der Waals surface area contributed by atoms with Gasteiger partial charge in [0.15, 0.2) is 0 Å². The molecule has 3 aromatic carbocycles. The van der Waals surface area contributed by atoms with E-state index in [4.69, 9.17) is 0 Å². The van der Waals surface area contributed by atoms with E-state index in [1.54, 1.807) is 18.2 Å². The Morgan fingerprint density at radius 3 is 2.27 bits per heavy atom. The molecule has 0 nitrogen and oxygen atoms in total. The highest BCUT2D eigenvalue weighted by Crippen LogP contribution is 2.35. The number of halogens is 2. The van der Waals surface area contributed by atoms with E-state index in [0.29, 0.717) is 16.5 Å². The molecular weight excluding hydrogens is 410 g/mol. The van der Waals surface area contributed by atoms with Gasteiger partial charge in [0.1, 0.15) is 11.6 Å². The first-order valence-corrected chi connectivity index (χ1v) is 13.1. The van der Waals surface area contributed by atoms with Crippen molar-refractivity contribution in [3.05, 3.63) is 71.8 Å². The second-order valence-electron chi connectivity index (χ2n) is 10.1. The largest absolute Gasteiger partial charge is 0.207 e. The molecule has 0 bridgehead atoms. The van der Waals surface area contributed by atoms with E-state index < -0.39 is 0 Å². The molecule has 1 saturated carbocycles. The molecule has 0 aromatic heterocycles. The Bertz CT molecular complexity index is 1030. The second-order valence-corrected chi connectivity index (χ2v) is 10.1. The van der Waals surface area contributed by atoms with Crippen molar-refractivity contribution < 1.29 is 8.78 Å². The molecule has 0 spiro atoms. The van der Waals surface area contributed by atoms with Crippen molar-refractivity contribution in [2.75, 3.05) is 0 Å². The minimum atomic E-state index is -0.344. The summed E-state index contributed by atoms with van der Waals surface area (Å²) in [5.74, 6) is 1.18. The van der Waals surface area contributed by atoms with E-state index in [-0.39, 0.29) is 11.6 Å². The van der Waals surface area contributed by atoms with Crippen molar-refractivity contribution in [1.82, 2.24) is 0 Å². The fraction of sp³-hybridized carbons (Fsp3) is 0.484. The van der Waals surface area contributed by atoms with Crippen molar-refractivity contribution in [3.63, 3.8) is 0 Å². The van der Waals surface area contributed by atoms with Crippen molar-refractivity contribution >= 4 is 10.8 Å².